The maximum Gasteiger partial charge on any atom is 0.366 e. The Morgan fingerprint density at radius 2 is 1.53 bits per heavy atom. The third-order valence-electron chi connectivity index (χ3n) is 6.97. The summed E-state index contributed by atoms with van der Waals surface area (Å²) >= 11 is 8.38. The van der Waals surface area contributed by atoms with E-state index in [9.17, 15) is 9.59 Å². The number of hydrogen-bond acceptors (Lipinski definition) is 7. The van der Waals surface area contributed by atoms with Gasteiger partial charge in [0, 0.05) is 17.9 Å². The van der Waals surface area contributed by atoms with Crippen LogP contribution < -0.4 is 5.48 Å². The van der Waals surface area contributed by atoms with Crippen molar-refractivity contribution < 1.29 is 19.2 Å². The van der Waals surface area contributed by atoms with E-state index in [1.54, 1.807) is 0 Å². The molecule has 4 fully saturated rings. The summed E-state index contributed by atoms with van der Waals surface area (Å²) in [7, 11) is 0. The van der Waals surface area contributed by atoms with E-state index in [-0.39, 0.29) is 12.0 Å². The SMILES string of the molecule is O=C(O[C@@H](Cc1ccccc1)C(=O)ONC12CC3CC(CC(C3)C1)C2)C(CS)CS. The first-order chi connectivity index (χ1) is 14.5. The van der Waals surface area contributed by atoms with Crippen molar-refractivity contribution >= 4 is 37.2 Å². The van der Waals surface area contributed by atoms with Gasteiger partial charge in [0.2, 0.25) is 6.10 Å². The Bertz CT molecular complexity index is 718. The number of rotatable bonds is 9. The zero-order valence-corrected chi connectivity index (χ0v) is 19.0. The normalized spacial score (nSPS) is 30.3. The van der Waals surface area contributed by atoms with Crippen LogP contribution in [-0.4, -0.2) is 35.1 Å². The summed E-state index contributed by atoms with van der Waals surface area (Å²) in [6, 6.07) is 9.54. The van der Waals surface area contributed by atoms with Crippen molar-refractivity contribution in [3.8, 4) is 0 Å². The molecule has 5 nitrogen and oxygen atoms in total. The topological polar surface area (TPSA) is 64.6 Å². The summed E-state index contributed by atoms with van der Waals surface area (Å²) in [5.74, 6) is 1.40. The van der Waals surface area contributed by atoms with E-state index in [1.165, 1.54) is 19.3 Å². The van der Waals surface area contributed by atoms with Crippen molar-refractivity contribution in [2.24, 2.45) is 23.7 Å². The number of hydrogen-bond donors (Lipinski definition) is 3. The highest BCUT2D eigenvalue weighted by Gasteiger charge is 2.51. The average molecular weight is 450 g/mol. The second-order valence-corrected chi connectivity index (χ2v) is 10.1. The zero-order valence-electron chi connectivity index (χ0n) is 17.2. The molecule has 4 aliphatic carbocycles. The molecule has 30 heavy (non-hydrogen) atoms. The highest BCUT2D eigenvalue weighted by molar-refractivity contribution is 7.81. The highest BCUT2D eigenvalue weighted by atomic mass is 32.1. The Hall–Kier alpha value is -1.18. The van der Waals surface area contributed by atoms with E-state index in [0.717, 1.165) is 42.6 Å². The number of hydroxylamine groups is 1. The number of ether oxygens (including phenoxy) is 1. The largest absolute Gasteiger partial charge is 0.450 e. The second-order valence-electron chi connectivity index (χ2n) is 9.40. The molecule has 4 saturated carbocycles. The minimum atomic E-state index is -0.997. The molecule has 0 saturated heterocycles. The Kier molecular flexibility index (Phi) is 7.00. The molecule has 7 heteroatoms. The van der Waals surface area contributed by atoms with E-state index < -0.39 is 24.0 Å². The lowest BCUT2D eigenvalue weighted by atomic mass is 9.53. The Morgan fingerprint density at radius 1 is 0.967 bits per heavy atom. The van der Waals surface area contributed by atoms with Gasteiger partial charge in [-0.1, -0.05) is 30.3 Å². The fourth-order valence-corrected chi connectivity index (χ4v) is 6.66. The van der Waals surface area contributed by atoms with Crippen LogP contribution in [0.25, 0.3) is 0 Å². The van der Waals surface area contributed by atoms with Crippen LogP contribution in [0.5, 0.6) is 0 Å². The molecular formula is C23H31NO4S2. The van der Waals surface area contributed by atoms with Gasteiger partial charge in [0.05, 0.1) is 11.5 Å². The van der Waals surface area contributed by atoms with Crippen LogP contribution in [0.4, 0.5) is 0 Å². The van der Waals surface area contributed by atoms with Gasteiger partial charge in [-0.25, -0.2) is 4.79 Å². The quantitative estimate of drug-likeness (QED) is 0.305. The minimum Gasteiger partial charge on any atom is -0.450 e. The molecule has 0 aromatic heterocycles. The van der Waals surface area contributed by atoms with Crippen LogP contribution in [0.15, 0.2) is 30.3 Å². The van der Waals surface area contributed by atoms with Gasteiger partial charge in [-0.3, -0.25) is 4.79 Å². The van der Waals surface area contributed by atoms with E-state index in [0.29, 0.717) is 11.5 Å². The van der Waals surface area contributed by atoms with Gasteiger partial charge in [-0.15, -0.1) is 5.48 Å². The Labute approximate surface area is 189 Å². The summed E-state index contributed by atoms with van der Waals surface area (Å²) in [5.41, 5.74) is 3.96. The average Bonchev–Trinajstić information content (AvgIpc) is 2.72. The van der Waals surface area contributed by atoms with Gasteiger partial charge in [0.15, 0.2) is 0 Å². The highest BCUT2D eigenvalue weighted by Crippen LogP contribution is 2.55. The molecule has 4 bridgehead atoms. The molecule has 164 valence electrons. The number of carbonyl (C=O) groups is 2. The molecule has 5 rings (SSSR count). The first-order valence-corrected chi connectivity index (χ1v) is 12.2. The maximum absolute atomic E-state index is 13.0. The van der Waals surface area contributed by atoms with E-state index in [2.05, 4.69) is 30.7 Å². The molecule has 0 spiro atoms. The van der Waals surface area contributed by atoms with Crippen LogP contribution in [0.1, 0.15) is 44.1 Å². The first kappa shape index (κ1) is 22.0. The molecule has 0 radical (unpaired) electrons. The molecule has 1 aromatic rings. The monoisotopic (exact) mass is 449 g/mol. The number of esters is 1. The van der Waals surface area contributed by atoms with Crippen LogP contribution >= 0.6 is 25.3 Å². The van der Waals surface area contributed by atoms with Crippen molar-refractivity contribution in [3.05, 3.63) is 35.9 Å². The number of carbonyl (C=O) groups excluding carboxylic acids is 2. The third-order valence-corrected chi connectivity index (χ3v) is 7.85. The smallest absolute Gasteiger partial charge is 0.366 e. The lowest BCUT2D eigenvalue weighted by Crippen LogP contribution is -2.59. The van der Waals surface area contributed by atoms with Crippen molar-refractivity contribution in [3.63, 3.8) is 0 Å². The van der Waals surface area contributed by atoms with Crippen LogP contribution in [0.3, 0.4) is 0 Å². The first-order valence-electron chi connectivity index (χ1n) is 10.9. The lowest BCUT2D eigenvalue weighted by Gasteiger charge is -2.56. The molecule has 0 heterocycles. The van der Waals surface area contributed by atoms with E-state index in [4.69, 9.17) is 9.57 Å². The molecule has 1 aromatic carbocycles. The third kappa shape index (κ3) is 5.00. The number of benzene rings is 1. The summed E-state index contributed by atoms with van der Waals surface area (Å²) in [6.45, 7) is 0. The van der Waals surface area contributed by atoms with Crippen molar-refractivity contribution in [1.82, 2.24) is 5.48 Å². The van der Waals surface area contributed by atoms with Gasteiger partial charge in [-0.2, -0.15) is 25.3 Å². The molecule has 1 atom stereocenters. The van der Waals surface area contributed by atoms with Gasteiger partial charge in [-0.05, 0) is 61.8 Å². The van der Waals surface area contributed by atoms with Crippen LogP contribution in [-0.2, 0) is 25.6 Å². The fraction of sp³-hybridized carbons (Fsp3) is 0.652. The Balaban J connectivity index is 1.41. The summed E-state index contributed by atoms with van der Waals surface area (Å²) in [6.07, 6.45) is 6.43. The van der Waals surface area contributed by atoms with E-state index >= 15 is 0 Å². The predicted molar refractivity (Wildman–Crippen MR) is 121 cm³/mol. The summed E-state index contributed by atoms with van der Waals surface area (Å²) in [4.78, 5) is 31.1. The number of thiol groups is 2. The van der Waals surface area contributed by atoms with Crippen LogP contribution in [0.2, 0.25) is 0 Å². The van der Waals surface area contributed by atoms with Crippen molar-refractivity contribution in [2.75, 3.05) is 11.5 Å². The second kappa shape index (κ2) is 9.53. The molecule has 4 aliphatic rings. The van der Waals surface area contributed by atoms with Crippen molar-refractivity contribution in [1.29, 1.82) is 0 Å². The fourth-order valence-electron chi connectivity index (χ4n) is 5.90. The van der Waals surface area contributed by atoms with Gasteiger partial charge in [0.1, 0.15) is 0 Å². The van der Waals surface area contributed by atoms with E-state index in [1.807, 2.05) is 30.3 Å². The maximum atomic E-state index is 13.0. The van der Waals surface area contributed by atoms with Gasteiger partial charge >= 0.3 is 11.9 Å². The van der Waals surface area contributed by atoms with Crippen molar-refractivity contribution in [2.45, 2.75) is 56.6 Å². The molecule has 0 unspecified atom stereocenters. The zero-order chi connectivity index (χ0) is 21.1. The summed E-state index contributed by atoms with van der Waals surface area (Å²) < 4.78 is 5.58. The lowest BCUT2D eigenvalue weighted by molar-refractivity contribution is -0.183. The standard InChI is InChI=1S/C23H31NO4S2/c25-21(19(13-29)14-30)27-20(9-15-4-2-1-3-5-15)22(26)28-24-23-10-16-6-17(11-23)8-18(7-16)12-23/h1-5,16-20,24,29-30H,6-14H2/t16?,17?,18?,20-,23?/m0/s1. The molecular weight excluding hydrogens is 418 g/mol. The molecule has 0 amide bonds. The minimum absolute atomic E-state index is 0.107. The molecule has 1 N–H and O–H groups in total. The molecule has 0 aliphatic heterocycles. The van der Waals surface area contributed by atoms with Crippen LogP contribution in [0, 0.1) is 23.7 Å². The van der Waals surface area contributed by atoms with Gasteiger partial charge < -0.3 is 9.57 Å². The van der Waals surface area contributed by atoms with Gasteiger partial charge in [0.25, 0.3) is 0 Å². The number of nitrogens with one attached hydrogen (secondary N) is 1. The predicted octanol–water partition coefficient (Wildman–Crippen LogP) is 3.63. The Morgan fingerprint density at radius 3 is 2.07 bits per heavy atom. The summed E-state index contributed by atoms with van der Waals surface area (Å²) in [5, 5.41) is 0.